The van der Waals surface area contributed by atoms with Crippen molar-refractivity contribution in [2.45, 2.75) is 30.6 Å². The zero-order chi connectivity index (χ0) is 16.2. The minimum absolute atomic E-state index is 0.186. The summed E-state index contributed by atoms with van der Waals surface area (Å²) in [4.78, 5) is 15.0. The van der Waals surface area contributed by atoms with E-state index in [1.807, 2.05) is 6.92 Å². The van der Waals surface area contributed by atoms with Gasteiger partial charge in [0.1, 0.15) is 5.52 Å². The lowest BCUT2D eigenvalue weighted by molar-refractivity contribution is 0.589. The summed E-state index contributed by atoms with van der Waals surface area (Å²) in [6.45, 7) is 1.90. The maximum absolute atomic E-state index is 13.0. The molecule has 2 heterocycles. The lowest BCUT2D eigenvalue weighted by Gasteiger charge is -2.07. The van der Waals surface area contributed by atoms with Gasteiger partial charge in [-0.3, -0.25) is 4.79 Å². The number of hydrogen-bond donors (Lipinski definition) is 1. The summed E-state index contributed by atoms with van der Waals surface area (Å²) in [5.74, 6) is 0.355. The largest absolute Gasteiger partial charge is 0.327 e. The fourth-order valence-corrected chi connectivity index (χ4v) is 4.30. The molecule has 1 saturated carbocycles. The minimum atomic E-state index is -3.79. The van der Waals surface area contributed by atoms with Gasteiger partial charge in [-0.15, -0.1) is 0 Å². The van der Waals surface area contributed by atoms with Crippen LogP contribution in [0.1, 0.15) is 29.9 Å². The van der Waals surface area contributed by atoms with Gasteiger partial charge in [0.15, 0.2) is 0 Å². The van der Waals surface area contributed by atoms with Crippen LogP contribution in [0.2, 0.25) is 0 Å². The van der Waals surface area contributed by atoms with E-state index in [0.717, 1.165) is 33.3 Å². The SMILES string of the molecule is Cc1ccc(S(=O)(=O)n2cc(C3CC3)c3cc[nH]c(=O)c32)cc1. The predicted molar refractivity (Wildman–Crippen MR) is 88.3 cm³/mol. The molecule has 0 bridgehead atoms. The summed E-state index contributed by atoms with van der Waals surface area (Å²) in [7, 11) is -3.79. The second kappa shape index (κ2) is 4.83. The van der Waals surface area contributed by atoms with Gasteiger partial charge < -0.3 is 4.98 Å². The Bertz CT molecular complexity index is 1060. The summed E-state index contributed by atoms with van der Waals surface area (Å²) < 4.78 is 27.1. The average molecular weight is 328 g/mol. The molecule has 1 N–H and O–H groups in total. The number of aryl methyl sites for hydroxylation is 1. The lowest BCUT2D eigenvalue weighted by atomic mass is 10.1. The third-order valence-corrected chi connectivity index (χ3v) is 5.99. The van der Waals surface area contributed by atoms with Crippen molar-refractivity contribution in [3.63, 3.8) is 0 Å². The monoisotopic (exact) mass is 328 g/mol. The standard InChI is InChI=1S/C17H16N2O3S/c1-11-2-6-13(7-3-11)23(21,22)19-10-15(12-4-5-12)14-8-9-18-17(20)16(14)19/h2-3,6-10,12H,4-5H2,1H3,(H,18,20). The van der Waals surface area contributed by atoms with Crippen molar-refractivity contribution in [2.24, 2.45) is 0 Å². The van der Waals surface area contributed by atoms with E-state index in [0.29, 0.717) is 5.92 Å². The van der Waals surface area contributed by atoms with Crippen molar-refractivity contribution in [1.29, 1.82) is 0 Å². The van der Waals surface area contributed by atoms with Crippen molar-refractivity contribution in [1.82, 2.24) is 8.96 Å². The molecule has 0 unspecified atom stereocenters. The third-order valence-electron chi connectivity index (χ3n) is 4.32. The molecule has 1 aliphatic rings. The number of aromatic nitrogens is 2. The number of H-pyrrole nitrogens is 1. The average Bonchev–Trinajstić information content (AvgIpc) is 3.28. The molecule has 1 aromatic carbocycles. The Balaban J connectivity index is 2.02. The van der Waals surface area contributed by atoms with Gasteiger partial charge in [0, 0.05) is 17.8 Å². The summed E-state index contributed by atoms with van der Waals surface area (Å²) in [5, 5.41) is 0.729. The molecular weight excluding hydrogens is 312 g/mol. The summed E-state index contributed by atoms with van der Waals surface area (Å²) in [6, 6.07) is 8.44. The first kappa shape index (κ1) is 14.3. The second-order valence-electron chi connectivity index (χ2n) is 6.04. The van der Waals surface area contributed by atoms with Crippen LogP contribution >= 0.6 is 0 Å². The molecule has 118 valence electrons. The molecule has 5 nitrogen and oxygen atoms in total. The molecule has 4 rings (SSSR count). The zero-order valence-electron chi connectivity index (χ0n) is 12.6. The quantitative estimate of drug-likeness (QED) is 0.803. The van der Waals surface area contributed by atoms with Crippen molar-refractivity contribution in [3.8, 4) is 0 Å². The van der Waals surface area contributed by atoms with Crippen molar-refractivity contribution < 1.29 is 8.42 Å². The van der Waals surface area contributed by atoms with Crippen molar-refractivity contribution in [2.75, 3.05) is 0 Å². The second-order valence-corrected chi connectivity index (χ2v) is 7.86. The van der Waals surface area contributed by atoms with Crippen LogP contribution in [0.4, 0.5) is 0 Å². The van der Waals surface area contributed by atoms with E-state index in [9.17, 15) is 13.2 Å². The van der Waals surface area contributed by atoms with E-state index < -0.39 is 10.0 Å². The molecule has 0 amide bonds. The van der Waals surface area contributed by atoms with Crippen LogP contribution in [-0.2, 0) is 10.0 Å². The molecular formula is C17H16N2O3S. The first-order valence-electron chi connectivity index (χ1n) is 7.53. The van der Waals surface area contributed by atoms with Gasteiger partial charge in [-0.05, 0) is 49.4 Å². The Hall–Kier alpha value is -2.34. The molecule has 0 aliphatic heterocycles. The van der Waals surface area contributed by atoms with Gasteiger partial charge in [0.2, 0.25) is 0 Å². The highest BCUT2D eigenvalue weighted by Crippen LogP contribution is 2.43. The molecule has 1 fully saturated rings. The zero-order valence-corrected chi connectivity index (χ0v) is 13.4. The molecule has 0 spiro atoms. The highest BCUT2D eigenvalue weighted by Gasteiger charge is 2.30. The Morgan fingerprint density at radius 3 is 2.48 bits per heavy atom. The molecule has 3 aromatic rings. The first-order chi connectivity index (χ1) is 11.0. The van der Waals surface area contributed by atoms with Crippen LogP contribution in [0.3, 0.4) is 0 Å². The maximum Gasteiger partial charge on any atom is 0.273 e. The van der Waals surface area contributed by atoms with Gasteiger partial charge in [-0.2, -0.15) is 0 Å². The number of rotatable bonds is 3. The number of fused-ring (bicyclic) bond motifs is 1. The Morgan fingerprint density at radius 1 is 1.13 bits per heavy atom. The minimum Gasteiger partial charge on any atom is -0.327 e. The summed E-state index contributed by atoms with van der Waals surface area (Å²) in [6.07, 6.45) is 5.26. The van der Waals surface area contributed by atoms with Crippen LogP contribution in [0, 0.1) is 6.92 Å². The van der Waals surface area contributed by atoms with Crippen LogP contribution in [0.5, 0.6) is 0 Å². The fourth-order valence-electron chi connectivity index (χ4n) is 2.92. The summed E-state index contributed by atoms with van der Waals surface area (Å²) in [5.41, 5.74) is 1.75. The molecule has 6 heteroatoms. The highest BCUT2D eigenvalue weighted by atomic mass is 32.2. The van der Waals surface area contributed by atoms with E-state index in [2.05, 4.69) is 4.98 Å². The molecule has 1 aliphatic carbocycles. The van der Waals surface area contributed by atoms with E-state index in [4.69, 9.17) is 0 Å². The maximum atomic E-state index is 13.0. The molecule has 23 heavy (non-hydrogen) atoms. The van der Waals surface area contributed by atoms with Crippen LogP contribution in [-0.4, -0.2) is 17.4 Å². The topological polar surface area (TPSA) is 71.9 Å². The fraction of sp³-hybridized carbons (Fsp3) is 0.235. The predicted octanol–water partition coefficient (Wildman–Crippen LogP) is 2.75. The van der Waals surface area contributed by atoms with Gasteiger partial charge >= 0.3 is 0 Å². The van der Waals surface area contributed by atoms with Crippen molar-refractivity contribution >= 4 is 20.9 Å². The molecule has 2 aromatic heterocycles. The normalized spacial score (nSPS) is 15.2. The molecule has 0 saturated heterocycles. The van der Waals surface area contributed by atoms with E-state index >= 15 is 0 Å². The number of pyridine rings is 1. The Kier molecular flexibility index (Phi) is 2.99. The van der Waals surface area contributed by atoms with Gasteiger partial charge in [0.25, 0.3) is 15.6 Å². The first-order valence-corrected chi connectivity index (χ1v) is 8.97. The third kappa shape index (κ3) is 2.21. The number of hydrogen-bond acceptors (Lipinski definition) is 3. The van der Waals surface area contributed by atoms with E-state index in [1.54, 1.807) is 42.7 Å². The van der Waals surface area contributed by atoms with Gasteiger partial charge in [0.05, 0.1) is 4.90 Å². The van der Waals surface area contributed by atoms with Crippen LogP contribution in [0.15, 0.2) is 52.4 Å². The lowest BCUT2D eigenvalue weighted by Crippen LogP contribution is -2.17. The number of nitrogens with one attached hydrogen (secondary N) is 1. The van der Waals surface area contributed by atoms with E-state index in [1.165, 1.54) is 0 Å². The van der Waals surface area contributed by atoms with Crippen molar-refractivity contribution in [3.05, 3.63) is 64.2 Å². The molecule has 0 radical (unpaired) electrons. The van der Waals surface area contributed by atoms with Crippen LogP contribution in [0.25, 0.3) is 10.9 Å². The Morgan fingerprint density at radius 2 is 1.83 bits per heavy atom. The highest BCUT2D eigenvalue weighted by molar-refractivity contribution is 7.90. The number of benzene rings is 1. The van der Waals surface area contributed by atoms with E-state index in [-0.39, 0.29) is 16.0 Å². The summed E-state index contributed by atoms with van der Waals surface area (Å²) >= 11 is 0. The smallest absolute Gasteiger partial charge is 0.273 e. The van der Waals surface area contributed by atoms with Crippen LogP contribution < -0.4 is 5.56 Å². The number of aromatic amines is 1. The molecule has 0 atom stereocenters. The van der Waals surface area contributed by atoms with Gasteiger partial charge in [-0.1, -0.05) is 17.7 Å². The number of nitrogens with zero attached hydrogens (tertiary/aromatic N) is 1. The Labute approximate surface area is 133 Å². The van der Waals surface area contributed by atoms with Gasteiger partial charge in [-0.25, -0.2) is 12.4 Å².